The van der Waals surface area contributed by atoms with Crippen LogP contribution in [0.1, 0.15) is 12.1 Å². The molecule has 13 heteroatoms. The van der Waals surface area contributed by atoms with E-state index in [1.807, 2.05) is 0 Å². The minimum absolute atomic E-state index is 0.0938. The van der Waals surface area contributed by atoms with Crippen molar-refractivity contribution in [3.63, 3.8) is 0 Å². The smallest absolute Gasteiger partial charge is 0.247 e. The Balaban J connectivity index is 1.64. The molecular formula is C14H17N9O4. The molecule has 0 unspecified atom stereocenters. The van der Waals surface area contributed by atoms with E-state index in [1.54, 1.807) is 12.4 Å². The summed E-state index contributed by atoms with van der Waals surface area (Å²) >= 11 is 0. The molecule has 142 valence electrons. The van der Waals surface area contributed by atoms with Crippen molar-refractivity contribution in [1.29, 1.82) is 0 Å². The van der Waals surface area contributed by atoms with Crippen molar-refractivity contribution in [2.75, 3.05) is 17.8 Å². The van der Waals surface area contributed by atoms with E-state index in [0.29, 0.717) is 11.3 Å². The third kappa shape index (κ3) is 3.08. The summed E-state index contributed by atoms with van der Waals surface area (Å²) in [5.41, 5.74) is 9.13. The molecule has 1 saturated heterocycles. The number of rotatable bonds is 5. The zero-order valence-corrected chi connectivity index (χ0v) is 13.8. The lowest BCUT2D eigenvalue weighted by atomic mass is 10.1. The van der Waals surface area contributed by atoms with Gasteiger partial charge in [0, 0.05) is 12.4 Å². The molecular weight excluding hydrogens is 358 g/mol. The van der Waals surface area contributed by atoms with Gasteiger partial charge in [-0.15, -0.1) is 0 Å². The zero-order valence-electron chi connectivity index (χ0n) is 13.8. The van der Waals surface area contributed by atoms with Gasteiger partial charge < -0.3 is 30.8 Å². The van der Waals surface area contributed by atoms with Crippen molar-refractivity contribution in [3.05, 3.63) is 24.5 Å². The highest BCUT2D eigenvalue weighted by Gasteiger charge is 2.44. The summed E-state index contributed by atoms with van der Waals surface area (Å²) in [6.45, 7) is -0.438. The Bertz CT molecular complexity index is 957. The Labute approximate surface area is 151 Å². The molecule has 0 amide bonds. The summed E-state index contributed by atoms with van der Waals surface area (Å²) in [6.07, 6.45) is 1.62. The van der Waals surface area contributed by atoms with Crippen molar-refractivity contribution < 1.29 is 20.1 Å². The number of aromatic nitrogens is 6. The zero-order chi connectivity index (χ0) is 19.0. The Morgan fingerprint density at radius 2 is 2.19 bits per heavy atom. The molecule has 1 aliphatic rings. The van der Waals surface area contributed by atoms with Gasteiger partial charge in [0.05, 0.1) is 19.1 Å². The van der Waals surface area contributed by atoms with Gasteiger partial charge >= 0.3 is 0 Å². The number of nitrogens with two attached hydrogens (primary N) is 1. The molecule has 1 aliphatic heterocycles. The van der Waals surface area contributed by atoms with Crippen LogP contribution in [0, 0.1) is 0 Å². The number of hydrogen-bond donors (Lipinski definition) is 6. The van der Waals surface area contributed by atoms with E-state index in [-0.39, 0.29) is 17.4 Å². The number of nitrogen functional groups attached to an aromatic ring is 1. The van der Waals surface area contributed by atoms with Gasteiger partial charge in [-0.2, -0.15) is 15.1 Å². The van der Waals surface area contributed by atoms with E-state index in [4.69, 9.17) is 10.5 Å². The van der Waals surface area contributed by atoms with Crippen LogP contribution in [0.15, 0.2) is 23.8 Å². The largest absolute Gasteiger partial charge is 0.394 e. The van der Waals surface area contributed by atoms with Crippen LogP contribution in [-0.2, 0) is 4.74 Å². The standard InChI is InChI=1S/C14H17N9O4/c15-11-8-12(21-14(20-11)22-19-3-7-16-1-2-17-7)23(5-18-8)13-10(26)9(25)6(4-24)27-13/h1-3,5-6,9-10,13,24-26H,4H2,(H,16,17)(H3,15,20,21,22)/b19-3+/t6-,9-,10-,13-/m1/s1. The van der Waals surface area contributed by atoms with Crippen LogP contribution in [0.3, 0.4) is 0 Å². The Morgan fingerprint density at radius 3 is 2.89 bits per heavy atom. The lowest BCUT2D eigenvalue weighted by Crippen LogP contribution is -2.33. The monoisotopic (exact) mass is 375 g/mol. The van der Waals surface area contributed by atoms with Crippen LogP contribution < -0.4 is 11.2 Å². The predicted octanol–water partition coefficient (Wildman–Crippen LogP) is -1.81. The predicted molar refractivity (Wildman–Crippen MR) is 92.5 cm³/mol. The minimum Gasteiger partial charge on any atom is -0.394 e. The Hall–Kier alpha value is -3.13. The van der Waals surface area contributed by atoms with Crippen molar-refractivity contribution in [2.24, 2.45) is 5.10 Å². The number of nitrogens with zero attached hydrogens (tertiary/aromatic N) is 6. The van der Waals surface area contributed by atoms with Gasteiger partial charge in [-0.25, -0.2) is 15.4 Å². The second kappa shape index (κ2) is 6.88. The highest BCUT2D eigenvalue weighted by Crippen LogP contribution is 2.32. The number of aliphatic hydroxyl groups is 3. The van der Waals surface area contributed by atoms with Gasteiger partial charge in [0.15, 0.2) is 17.7 Å². The van der Waals surface area contributed by atoms with Gasteiger partial charge in [-0.05, 0) is 0 Å². The first-order chi connectivity index (χ1) is 13.1. The third-order valence-corrected chi connectivity index (χ3v) is 4.11. The van der Waals surface area contributed by atoms with Gasteiger partial charge in [-0.3, -0.25) is 4.57 Å². The van der Waals surface area contributed by atoms with E-state index in [1.165, 1.54) is 17.1 Å². The fourth-order valence-electron chi connectivity index (χ4n) is 2.78. The van der Waals surface area contributed by atoms with Crippen molar-refractivity contribution >= 4 is 29.1 Å². The summed E-state index contributed by atoms with van der Waals surface area (Å²) in [5.74, 6) is 0.727. The number of anilines is 2. The molecule has 1 fully saturated rings. The second-order valence-electron chi connectivity index (χ2n) is 5.83. The first-order valence-electron chi connectivity index (χ1n) is 7.99. The normalized spacial score (nSPS) is 25.6. The van der Waals surface area contributed by atoms with Crippen molar-refractivity contribution in [3.8, 4) is 0 Å². The van der Waals surface area contributed by atoms with E-state index >= 15 is 0 Å². The van der Waals surface area contributed by atoms with Crippen LogP contribution >= 0.6 is 0 Å². The topological polar surface area (TPSA) is 193 Å². The van der Waals surface area contributed by atoms with Gasteiger partial charge in [0.2, 0.25) is 5.95 Å². The number of imidazole rings is 2. The molecule has 4 rings (SSSR count). The molecule has 3 aromatic heterocycles. The van der Waals surface area contributed by atoms with E-state index in [9.17, 15) is 15.3 Å². The quantitative estimate of drug-likeness (QED) is 0.219. The average molecular weight is 375 g/mol. The highest BCUT2D eigenvalue weighted by atomic mass is 16.6. The maximum Gasteiger partial charge on any atom is 0.247 e. The molecule has 0 spiro atoms. The number of hydrogen-bond acceptors (Lipinski definition) is 11. The number of ether oxygens (including phenoxy) is 1. The van der Waals surface area contributed by atoms with Crippen molar-refractivity contribution in [2.45, 2.75) is 24.5 Å². The summed E-state index contributed by atoms with van der Waals surface area (Å²) in [5, 5.41) is 33.4. The van der Waals surface area contributed by atoms with Crippen LogP contribution in [-0.4, -0.2) is 75.9 Å². The lowest BCUT2D eigenvalue weighted by Gasteiger charge is -2.16. The van der Waals surface area contributed by atoms with Crippen molar-refractivity contribution in [1.82, 2.24) is 29.5 Å². The Kier molecular flexibility index (Phi) is 4.41. The van der Waals surface area contributed by atoms with E-state index in [0.717, 1.165) is 0 Å². The highest BCUT2D eigenvalue weighted by molar-refractivity contribution is 5.83. The molecule has 4 heterocycles. The second-order valence-corrected chi connectivity index (χ2v) is 5.83. The van der Waals surface area contributed by atoms with E-state index < -0.39 is 31.1 Å². The van der Waals surface area contributed by atoms with Gasteiger partial charge in [0.1, 0.15) is 29.7 Å². The Morgan fingerprint density at radius 1 is 1.33 bits per heavy atom. The first kappa shape index (κ1) is 17.3. The molecule has 13 nitrogen and oxygen atoms in total. The molecule has 0 aromatic carbocycles. The molecule has 0 bridgehead atoms. The van der Waals surface area contributed by atoms with Gasteiger partial charge in [-0.1, -0.05) is 0 Å². The molecule has 0 saturated carbocycles. The summed E-state index contributed by atoms with van der Waals surface area (Å²) in [6, 6.07) is 0. The number of H-pyrrole nitrogens is 1. The van der Waals surface area contributed by atoms with Crippen LogP contribution in [0.4, 0.5) is 11.8 Å². The minimum atomic E-state index is -1.27. The fourth-order valence-corrected chi connectivity index (χ4v) is 2.78. The number of nitrogens with one attached hydrogen (secondary N) is 2. The van der Waals surface area contributed by atoms with Crippen LogP contribution in [0.25, 0.3) is 11.2 Å². The molecule has 4 atom stereocenters. The number of fused-ring (bicyclic) bond motifs is 1. The van der Waals surface area contributed by atoms with Gasteiger partial charge in [0.25, 0.3) is 0 Å². The number of aromatic amines is 1. The SMILES string of the molecule is Nc1nc(N/N=C/c2ncc[nH]2)nc2c1ncn2[C@@H]1O[C@H](CO)[C@@H](O)[C@H]1O. The molecule has 27 heavy (non-hydrogen) atoms. The summed E-state index contributed by atoms with van der Waals surface area (Å²) in [7, 11) is 0. The van der Waals surface area contributed by atoms with Crippen LogP contribution in [0.2, 0.25) is 0 Å². The maximum atomic E-state index is 10.2. The third-order valence-electron chi connectivity index (χ3n) is 4.11. The van der Waals surface area contributed by atoms with Crippen LogP contribution in [0.5, 0.6) is 0 Å². The summed E-state index contributed by atoms with van der Waals surface area (Å²) < 4.78 is 6.92. The fraction of sp³-hybridized carbons (Fsp3) is 0.357. The average Bonchev–Trinajstić information content (AvgIpc) is 3.37. The number of hydrazone groups is 1. The maximum absolute atomic E-state index is 10.2. The summed E-state index contributed by atoms with van der Waals surface area (Å²) in [4.78, 5) is 19.3. The lowest BCUT2D eigenvalue weighted by molar-refractivity contribution is -0.0511. The molecule has 0 radical (unpaired) electrons. The first-order valence-corrected chi connectivity index (χ1v) is 7.99. The van der Waals surface area contributed by atoms with E-state index in [2.05, 4.69) is 35.4 Å². The molecule has 7 N–H and O–H groups in total. The molecule has 3 aromatic rings. The molecule has 0 aliphatic carbocycles. The number of aliphatic hydroxyl groups excluding tert-OH is 3.